The average Bonchev–Trinajstić information content (AvgIpc) is 2.99. The molecular weight excluding hydrogens is 571 g/mol. The molecule has 0 spiro atoms. The summed E-state index contributed by atoms with van der Waals surface area (Å²) in [4.78, 5) is 14.7. The average molecular weight is 647 g/mol. The minimum atomic E-state index is -3.29. The lowest BCUT2D eigenvalue weighted by atomic mass is 10.0. The van der Waals surface area contributed by atoms with Gasteiger partial charge in [-0.1, -0.05) is 130 Å². The van der Waals surface area contributed by atoms with E-state index in [0.29, 0.717) is 26.2 Å². The van der Waals surface area contributed by atoms with Crippen molar-refractivity contribution in [1.29, 1.82) is 0 Å². The van der Waals surface area contributed by atoms with Crippen LogP contribution < -0.4 is 5.09 Å². The number of ether oxygens (including phenoxy) is 1. The molecule has 0 fully saturated rings. The van der Waals surface area contributed by atoms with Crippen molar-refractivity contribution in [2.75, 3.05) is 40.4 Å². The van der Waals surface area contributed by atoms with Crippen LogP contribution in [0.25, 0.3) is 0 Å². The molecule has 0 heterocycles. The van der Waals surface area contributed by atoms with E-state index in [2.05, 4.69) is 25.9 Å². The first kappa shape index (κ1) is 43.5. The third kappa shape index (κ3) is 30.2. The molecule has 0 rings (SSSR count). The van der Waals surface area contributed by atoms with Crippen molar-refractivity contribution in [3.8, 4) is 0 Å². The maximum Gasteiger partial charge on any atom is 0.405 e. The van der Waals surface area contributed by atoms with Gasteiger partial charge in [-0.05, 0) is 59.0 Å². The quantitative estimate of drug-likeness (QED) is 0.0417. The highest BCUT2D eigenvalue weighted by Gasteiger charge is 2.23. The van der Waals surface area contributed by atoms with Gasteiger partial charge in [-0.3, -0.25) is 13.8 Å². The summed E-state index contributed by atoms with van der Waals surface area (Å²) in [7, 11) is 0.697. The van der Waals surface area contributed by atoms with Gasteiger partial charge in [0.1, 0.15) is 6.10 Å². The van der Waals surface area contributed by atoms with E-state index >= 15 is 0 Å². The van der Waals surface area contributed by atoms with Gasteiger partial charge in [0.05, 0.1) is 13.2 Å². The lowest BCUT2D eigenvalue weighted by molar-refractivity contribution is -0.150. The van der Waals surface area contributed by atoms with Gasteiger partial charge in [-0.25, -0.2) is 9.65 Å². The van der Waals surface area contributed by atoms with E-state index in [1.54, 1.807) is 0 Å². The summed E-state index contributed by atoms with van der Waals surface area (Å²) < 4.78 is 30.7. The summed E-state index contributed by atoms with van der Waals surface area (Å²) in [5.74, 6) is -0.0214. The molecule has 0 aromatic rings. The Morgan fingerprint density at radius 2 is 1.02 bits per heavy atom. The fraction of sp³-hybridized carbons (Fsp3) is 0.972. The Morgan fingerprint density at radius 3 is 1.48 bits per heavy atom. The molecule has 264 valence electrons. The largest absolute Gasteiger partial charge is 0.462 e. The van der Waals surface area contributed by atoms with Crippen LogP contribution in [0.5, 0.6) is 0 Å². The standard InChI is InChI=1S/C36H75N2O5P/c1-6-9-12-15-18-23-28-35(29-24-19-16-13-10-7-2)43-36(39)30-25-20-17-22-27-34-42-44(40,37-31-32-38(4)5)41-33-26-21-14-11-8-3/h35H,6-34H2,1-5H3,(H,37,40). The Hall–Kier alpha value is -0.460. The number of nitrogens with zero attached hydrogens (tertiary/aromatic N) is 1. The Bertz CT molecular complexity index is 648. The molecule has 0 aromatic heterocycles. The van der Waals surface area contributed by atoms with Gasteiger partial charge in [0, 0.05) is 19.5 Å². The van der Waals surface area contributed by atoms with Crippen molar-refractivity contribution >= 4 is 13.7 Å². The molecule has 8 heteroatoms. The van der Waals surface area contributed by atoms with E-state index in [0.717, 1.165) is 64.3 Å². The SMILES string of the molecule is CCCCCCCCC(CCCCCCCC)OC(=O)CCCCCCCOP(=O)(NCCN(C)C)OCCCCCCC. The van der Waals surface area contributed by atoms with E-state index in [1.165, 1.54) is 96.3 Å². The fourth-order valence-corrected chi connectivity index (χ4v) is 6.70. The van der Waals surface area contributed by atoms with Gasteiger partial charge in [0.15, 0.2) is 0 Å². The number of rotatable bonds is 35. The minimum absolute atomic E-state index is 0.0214. The van der Waals surface area contributed by atoms with E-state index in [1.807, 2.05) is 19.0 Å². The Labute approximate surface area is 274 Å². The molecule has 0 aliphatic rings. The fourth-order valence-electron chi connectivity index (χ4n) is 5.33. The number of carbonyl (C=O) groups is 1. The highest BCUT2D eigenvalue weighted by atomic mass is 31.2. The molecule has 7 nitrogen and oxygen atoms in total. The lowest BCUT2D eigenvalue weighted by Gasteiger charge is -2.20. The molecule has 0 amide bonds. The second kappa shape index (κ2) is 32.5. The summed E-state index contributed by atoms with van der Waals surface area (Å²) in [5.41, 5.74) is 0. The van der Waals surface area contributed by atoms with Crippen LogP contribution >= 0.6 is 7.75 Å². The van der Waals surface area contributed by atoms with Crippen LogP contribution in [0, 0.1) is 0 Å². The molecule has 0 saturated carbocycles. The van der Waals surface area contributed by atoms with Crippen molar-refractivity contribution in [3.05, 3.63) is 0 Å². The second-order valence-corrected chi connectivity index (χ2v) is 14.9. The molecule has 44 heavy (non-hydrogen) atoms. The smallest absolute Gasteiger partial charge is 0.405 e. The molecule has 1 atom stereocenters. The molecule has 0 saturated heterocycles. The van der Waals surface area contributed by atoms with Crippen molar-refractivity contribution in [1.82, 2.24) is 9.99 Å². The van der Waals surface area contributed by atoms with Crippen LogP contribution in [0.4, 0.5) is 0 Å². The van der Waals surface area contributed by atoms with Gasteiger partial charge < -0.3 is 9.64 Å². The van der Waals surface area contributed by atoms with E-state index < -0.39 is 7.75 Å². The normalized spacial score (nSPS) is 13.2. The van der Waals surface area contributed by atoms with Gasteiger partial charge in [-0.2, -0.15) is 0 Å². The van der Waals surface area contributed by atoms with E-state index in [4.69, 9.17) is 13.8 Å². The van der Waals surface area contributed by atoms with Gasteiger partial charge in [0.2, 0.25) is 0 Å². The maximum absolute atomic E-state index is 13.2. The van der Waals surface area contributed by atoms with E-state index in [-0.39, 0.29) is 12.1 Å². The van der Waals surface area contributed by atoms with Crippen LogP contribution in [-0.4, -0.2) is 57.4 Å². The molecule has 0 aliphatic carbocycles. The van der Waals surface area contributed by atoms with Crippen molar-refractivity contribution in [3.63, 3.8) is 0 Å². The first-order chi connectivity index (χ1) is 21.4. The number of unbranched alkanes of at least 4 members (excludes halogenated alkanes) is 18. The van der Waals surface area contributed by atoms with Gasteiger partial charge in [-0.15, -0.1) is 0 Å². The summed E-state index contributed by atoms with van der Waals surface area (Å²) in [5, 5.41) is 3.03. The van der Waals surface area contributed by atoms with Crippen LogP contribution in [0.2, 0.25) is 0 Å². The van der Waals surface area contributed by atoms with Crippen LogP contribution in [0.3, 0.4) is 0 Å². The zero-order chi connectivity index (χ0) is 32.6. The van der Waals surface area contributed by atoms with Crippen LogP contribution in [0.15, 0.2) is 0 Å². The number of nitrogens with one attached hydrogen (secondary N) is 1. The molecule has 0 aromatic carbocycles. The molecule has 0 aliphatic heterocycles. The summed E-state index contributed by atoms with van der Waals surface area (Å²) in [6.07, 6.45) is 28.3. The highest BCUT2D eigenvalue weighted by Crippen LogP contribution is 2.43. The number of carbonyl (C=O) groups excluding carboxylic acids is 1. The van der Waals surface area contributed by atoms with Crippen molar-refractivity contribution in [2.24, 2.45) is 0 Å². The molecule has 0 radical (unpaired) electrons. The predicted molar refractivity (Wildman–Crippen MR) is 188 cm³/mol. The highest BCUT2D eigenvalue weighted by molar-refractivity contribution is 7.51. The third-order valence-corrected chi connectivity index (χ3v) is 9.87. The third-order valence-electron chi connectivity index (χ3n) is 8.22. The topological polar surface area (TPSA) is 77.1 Å². The summed E-state index contributed by atoms with van der Waals surface area (Å²) in [6, 6.07) is 0. The first-order valence-corrected chi connectivity index (χ1v) is 20.4. The zero-order valence-corrected chi connectivity index (χ0v) is 30.9. The predicted octanol–water partition coefficient (Wildman–Crippen LogP) is 11.0. The van der Waals surface area contributed by atoms with Gasteiger partial charge >= 0.3 is 13.7 Å². The van der Waals surface area contributed by atoms with Crippen molar-refractivity contribution in [2.45, 2.75) is 187 Å². The maximum atomic E-state index is 13.2. The first-order valence-electron chi connectivity index (χ1n) is 18.8. The monoisotopic (exact) mass is 647 g/mol. The molecule has 1 unspecified atom stereocenters. The Balaban J connectivity index is 4.27. The van der Waals surface area contributed by atoms with Crippen LogP contribution in [-0.2, 0) is 23.1 Å². The summed E-state index contributed by atoms with van der Waals surface area (Å²) >= 11 is 0. The summed E-state index contributed by atoms with van der Waals surface area (Å²) in [6.45, 7) is 8.93. The Kier molecular flexibility index (Phi) is 32.1. The second-order valence-electron chi connectivity index (χ2n) is 13.0. The number of likely N-dealkylation sites (N-methyl/N-ethyl adjacent to an activating group) is 1. The number of hydrogen-bond acceptors (Lipinski definition) is 6. The Morgan fingerprint density at radius 1 is 0.614 bits per heavy atom. The molecular formula is C36H75N2O5P. The van der Waals surface area contributed by atoms with Gasteiger partial charge in [0.25, 0.3) is 0 Å². The molecule has 0 bridgehead atoms. The minimum Gasteiger partial charge on any atom is -0.462 e. The lowest BCUT2D eigenvalue weighted by Crippen LogP contribution is -2.26. The molecule has 1 N–H and O–H groups in total. The van der Waals surface area contributed by atoms with E-state index in [9.17, 15) is 9.36 Å². The van der Waals surface area contributed by atoms with Crippen molar-refractivity contribution < 1.29 is 23.1 Å². The number of hydrogen-bond donors (Lipinski definition) is 1. The number of esters is 1. The van der Waals surface area contributed by atoms with Crippen LogP contribution in [0.1, 0.15) is 181 Å². The zero-order valence-electron chi connectivity index (χ0n) is 30.0.